The molecule has 0 aliphatic rings. The molecule has 0 aliphatic heterocycles. The van der Waals surface area contributed by atoms with Crippen molar-refractivity contribution in [2.24, 2.45) is 0 Å². The monoisotopic (exact) mass is 208 g/mol. The van der Waals surface area contributed by atoms with Crippen LogP contribution in [0.2, 0.25) is 0 Å². The molecule has 0 aromatic heterocycles. The predicted octanol–water partition coefficient (Wildman–Crippen LogP) is 0.454. The van der Waals surface area contributed by atoms with Crippen LogP contribution in [0.4, 0.5) is 0 Å². The summed E-state index contributed by atoms with van der Waals surface area (Å²) in [6, 6.07) is 0. The van der Waals surface area contributed by atoms with Crippen molar-refractivity contribution in [3.63, 3.8) is 0 Å². The van der Waals surface area contributed by atoms with Gasteiger partial charge in [-0.2, -0.15) is 0 Å². The fraction of sp³-hybridized carbons (Fsp3) is 1.00. The molecule has 80 valence electrons. The highest BCUT2D eigenvalue weighted by molar-refractivity contribution is 7.94. The summed E-state index contributed by atoms with van der Waals surface area (Å²) in [6.45, 7) is 3.61. The van der Waals surface area contributed by atoms with Gasteiger partial charge in [0.2, 0.25) is 0 Å². The lowest BCUT2D eigenvalue weighted by atomic mass is 10.4. The largest absolute Gasteiger partial charge is 0.370 e. The van der Waals surface area contributed by atoms with Crippen LogP contribution in [0.3, 0.4) is 0 Å². The topological polar surface area (TPSA) is 42.5 Å². The Morgan fingerprint density at radius 2 is 1.85 bits per heavy atom. The molecule has 0 saturated carbocycles. The first kappa shape index (κ1) is 13.2. The Morgan fingerprint density at radius 3 is 2.54 bits per heavy atom. The van der Waals surface area contributed by atoms with Crippen molar-refractivity contribution in [2.45, 2.75) is 6.42 Å². The van der Waals surface area contributed by atoms with E-state index < -0.39 is 0 Å². The quantitative estimate of drug-likeness (QED) is 0.310. The molecule has 0 saturated heterocycles. The molecule has 0 fully saturated rings. The minimum Gasteiger partial charge on any atom is -0.370 e. The molecule has 0 aromatic carbocycles. The molecule has 5 heteroatoms. The van der Waals surface area contributed by atoms with E-state index in [1.54, 1.807) is 14.2 Å². The van der Waals surface area contributed by atoms with Crippen LogP contribution in [0.5, 0.6) is 0 Å². The SMILES string of the molecule is COCNCCNCCCSOC. The lowest BCUT2D eigenvalue weighted by molar-refractivity contribution is 0.176. The van der Waals surface area contributed by atoms with Crippen molar-refractivity contribution in [1.29, 1.82) is 0 Å². The second-order valence-corrected chi connectivity index (χ2v) is 3.50. The first-order valence-corrected chi connectivity index (χ1v) is 5.39. The van der Waals surface area contributed by atoms with Gasteiger partial charge in [-0.15, -0.1) is 0 Å². The van der Waals surface area contributed by atoms with Gasteiger partial charge in [-0.25, -0.2) is 0 Å². The summed E-state index contributed by atoms with van der Waals surface area (Å²) >= 11 is 1.50. The summed E-state index contributed by atoms with van der Waals surface area (Å²) in [7, 11) is 3.38. The molecule has 0 rings (SSSR count). The van der Waals surface area contributed by atoms with E-state index in [2.05, 4.69) is 10.6 Å². The Kier molecular flexibility index (Phi) is 12.4. The smallest absolute Gasteiger partial charge is 0.0961 e. The average Bonchev–Trinajstić information content (AvgIpc) is 2.16. The normalized spacial score (nSPS) is 10.6. The summed E-state index contributed by atoms with van der Waals surface area (Å²) in [5, 5.41) is 6.44. The Morgan fingerprint density at radius 1 is 1.08 bits per heavy atom. The second-order valence-electron chi connectivity index (χ2n) is 2.53. The number of rotatable bonds is 10. The van der Waals surface area contributed by atoms with Crippen LogP contribution >= 0.6 is 12.0 Å². The fourth-order valence-electron chi connectivity index (χ4n) is 0.815. The zero-order valence-electron chi connectivity index (χ0n) is 8.47. The minimum atomic E-state index is 0.626. The molecule has 2 N–H and O–H groups in total. The van der Waals surface area contributed by atoms with E-state index in [1.165, 1.54) is 12.0 Å². The molecule has 0 amide bonds. The van der Waals surface area contributed by atoms with E-state index in [4.69, 9.17) is 8.92 Å². The standard InChI is InChI=1S/C8H20N2O2S/c1-11-8-10-6-5-9-4-3-7-13-12-2/h9-10H,3-8H2,1-2H3. The van der Waals surface area contributed by atoms with Gasteiger partial charge in [0.25, 0.3) is 0 Å². The molecule has 0 unspecified atom stereocenters. The molecule has 13 heavy (non-hydrogen) atoms. The van der Waals surface area contributed by atoms with Crippen molar-refractivity contribution in [2.75, 3.05) is 46.3 Å². The van der Waals surface area contributed by atoms with Gasteiger partial charge in [0.15, 0.2) is 0 Å². The Bertz CT molecular complexity index is 86.2. The van der Waals surface area contributed by atoms with Crippen LogP contribution in [0.15, 0.2) is 0 Å². The van der Waals surface area contributed by atoms with E-state index in [-0.39, 0.29) is 0 Å². The van der Waals surface area contributed by atoms with E-state index in [0.717, 1.165) is 31.8 Å². The lowest BCUT2D eigenvalue weighted by Crippen LogP contribution is -2.29. The van der Waals surface area contributed by atoms with Crippen LogP contribution in [0.1, 0.15) is 6.42 Å². The third kappa shape index (κ3) is 12.2. The first-order chi connectivity index (χ1) is 6.41. The highest BCUT2D eigenvalue weighted by Gasteiger charge is 1.89. The van der Waals surface area contributed by atoms with E-state index >= 15 is 0 Å². The van der Waals surface area contributed by atoms with E-state index in [9.17, 15) is 0 Å². The van der Waals surface area contributed by atoms with Gasteiger partial charge in [0.05, 0.1) is 13.8 Å². The Balaban J connectivity index is 2.76. The number of hydrogen-bond donors (Lipinski definition) is 2. The first-order valence-electron chi connectivity index (χ1n) is 4.47. The maximum atomic E-state index is 4.86. The molecule has 0 atom stereocenters. The van der Waals surface area contributed by atoms with Crippen LogP contribution in [0.25, 0.3) is 0 Å². The highest BCUT2D eigenvalue weighted by atomic mass is 32.2. The maximum absolute atomic E-state index is 4.86. The molecular formula is C8H20N2O2S. The van der Waals surface area contributed by atoms with Gasteiger partial charge in [-0.3, -0.25) is 5.32 Å². The van der Waals surface area contributed by atoms with Crippen molar-refractivity contribution in [3.8, 4) is 0 Å². The van der Waals surface area contributed by atoms with E-state index in [0.29, 0.717) is 6.73 Å². The Labute approximate surface area is 85.0 Å². The number of ether oxygens (including phenoxy) is 1. The summed E-state index contributed by atoms with van der Waals surface area (Å²) in [5.74, 6) is 1.05. The van der Waals surface area contributed by atoms with Gasteiger partial charge in [0, 0.05) is 26.0 Å². The van der Waals surface area contributed by atoms with Gasteiger partial charge in [-0.05, 0) is 25.0 Å². The molecule has 0 spiro atoms. The van der Waals surface area contributed by atoms with Gasteiger partial charge >= 0.3 is 0 Å². The molecular weight excluding hydrogens is 188 g/mol. The highest BCUT2D eigenvalue weighted by Crippen LogP contribution is 1.99. The summed E-state index contributed by atoms with van der Waals surface area (Å²) < 4.78 is 9.70. The van der Waals surface area contributed by atoms with Crippen molar-refractivity contribution < 1.29 is 8.92 Å². The van der Waals surface area contributed by atoms with Gasteiger partial charge in [0.1, 0.15) is 0 Å². The summed E-state index contributed by atoms with van der Waals surface area (Å²) in [4.78, 5) is 0. The average molecular weight is 208 g/mol. The molecule has 4 nitrogen and oxygen atoms in total. The molecule has 0 aromatic rings. The van der Waals surface area contributed by atoms with E-state index in [1.807, 2.05) is 0 Å². The third-order valence-corrected chi connectivity index (χ3v) is 2.12. The summed E-state index contributed by atoms with van der Waals surface area (Å²) in [6.07, 6.45) is 1.14. The zero-order chi connectivity index (χ0) is 9.78. The number of hydrogen-bond acceptors (Lipinski definition) is 5. The number of nitrogens with one attached hydrogen (secondary N) is 2. The molecule has 0 radical (unpaired) electrons. The Hall–Kier alpha value is 0.190. The third-order valence-electron chi connectivity index (χ3n) is 1.42. The van der Waals surface area contributed by atoms with Gasteiger partial charge < -0.3 is 14.2 Å². The van der Waals surface area contributed by atoms with Crippen molar-refractivity contribution >= 4 is 12.0 Å². The van der Waals surface area contributed by atoms with Crippen LogP contribution in [-0.4, -0.2) is 46.3 Å². The van der Waals surface area contributed by atoms with Crippen LogP contribution in [-0.2, 0) is 8.92 Å². The lowest BCUT2D eigenvalue weighted by Gasteiger charge is -2.05. The molecule has 0 heterocycles. The predicted molar refractivity (Wildman–Crippen MR) is 56.8 cm³/mol. The zero-order valence-corrected chi connectivity index (χ0v) is 9.28. The van der Waals surface area contributed by atoms with Crippen LogP contribution in [0, 0.1) is 0 Å². The number of methoxy groups -OCH3 is 1. The van der Waals surface area contributed by atoms with Crippen molar-refractivity contribution in [3.05, 3.63) is 0 Å². The summed E-state index contributed by atoms with van der Waals surface area (Å²) in [5.41, 5.74) is 0. The second kappa shape index (κ2) is 12.2. The minimum absolute atomic E-state index is 0.626. The van der Waals surface area contributed by atoms with Crippen LogP contribution < -0.4 is 10.6 Å². The fourth-order valence-corrected chi connectivity index (χ4v) is 1.24. The van der Waals surface area contributed by atoms with Gasteiger partial charge in [-0.1, -0.05) is 0 Å². The van der Waals surface area contributed by atoms with Crippen molar-refractivity contribution in [1.82, 2.24) is 10.6 Å². The molecule has 0 bridgehead atoms. The molecule has 0 aliphatic carbocycles. The maximum Gasteiger partial charge on any atom is 0.0961 e.